The van der Waals surface area contributed by atoms with Crippen molar-refractivity contribution >= 4 is 27.9 Å². The Morgan fingerprint density at radius 3 is 2.74 bits per heavy atom. The molecule has 0 spiro atoms. The predicted octanol–water partition coefficient (Wildman–Crippen LogP) is 4.20. The molecule has 1 aromatic carbocycles. The number of likely N-dealkylation sites (tertiary alicyclic amines) is 1. The van der Waals surface area contributed by atoms with Crippen LogP contribution in [0.25, 0.3) is 22.1 Å². The number of hydrogen-bond donors (Lipinski definition) is 3. The lowest BCUT2D eigenvalue weighted by molar-refractivity contribution is -0.128. The molecular formula is C23H23F3N8. The first kappa shape index (κ1) is 22.2. The average molecular weight is 468 g/mol. The molecule has 0 bridgehead atoms. The second kappa shape index (κ2) is 8.61. The standard InChI is InChI=1S/C23H23F3N8/c1-13-14(2-3-18-17(13)8-16(10-27)30-18)11-34-6-4-15(5-7-34)31-21-20-22(29-12-28-21)33-19(32-20)9-23(24,25)26/h2-3,8,12,15,30H,4-7,9,11H2,1H3,(H2,28,29,31,32,33). The van der Waals surface area contributed by atoms with Crippen molar-refractivity contribution in [1.29, 1.82) is 5.26 Å². The van der Waals surface area contributed by atoms with E-state index in [1.54, 1.807) is 0 Å². The normalized spacial score (nSPS) is 15.7. The number of anilines is 1. The van der Waals surface area contributed by atoms with Gasteiger partial charge in [-0.15, -0.1) is 0 Å². The Kier molecular flexibility index (Phi) is 5.61. The summed E-state index contributed by atoms with van der Waals surface area (Å²) >= 11 is 0. The monoisotopic (exact) mass is 468 g/mol. The van der Waals surface area contributed by atoms with E-state index in [1.165, 1.54) is 17.5 Å². The van der Waals surface area contributed by atoms with Crippen LogP contribution in [0.3, 0.4) is 0 Å². The van der Waals surface area contributed by atoms with Gasteiger partial charge in [-0.1, -0.05) is 6.07 Å². The lowest BCUT2D eigenvalue weighted by Gasteiger charge is -2.33. The number of benzene rings is 1. The van der Waals surface area contributed by atoms with E-state index < -0.39 is 12.6 Å². The van der Waals surface area contributed by atoms with E-state index in [1.807, 2.05) is 12.1 Å². The Morgan fingerprint density at radius 1 is 1.21 bits per heavy atom. The Labute approximate surface area is 193 Å². The number of H-pyrrole nitrogens is 2. The minimum Gasteiger partial charge on any atom is -0.365 e. The first-order valence-corrected chi connectivity index (χ1v) is 11.1. The van der Waals surface area contributed by atoms with E-state index in [0.29, 0.717) is 17.0 Å². The molecule has 11 heteroatoms. The summed E-state index contributed by atoms with van der Waals surface area (Å²) in [5, 5.41) is 13.6. The van der Waals surface area contributed by atoms with Crippen molar-refractivity contribution < 1.29 is 13.2 Å². The lowest BCUT2D eigenvalue weighted by Crippen LogP contribution is -2.39. The van der Waals surface area contributed by atoms with Gasteiger partial charge in [0.25, 0.3) is 0 Å². The molecule has 1 aliphatic rings. The van der Waals surface area contributed by atoms with Gasteiger partial charge in [-0.05, 0) is 43.0 Å². The maximum Gasteiger partial charge on any atom is 0.396 e. The van der Waals surface area contributed by atoms with Crippen LogP contribution in [0.4, 0.5) is 19.0 Å². The number of aromatic amines is 2. The molecule has 1 aliphatic heterocycles. The highest BCUT2D eigenvalue weighted by molar-refractivity contribution is 5.85. The zero-order valence-electron chi connectivity index (χ0n) is 18.5. The van der Waals surface area contributed by atoms with Crippen LogP contribution in [0.5, 0.6) is 0 Å². The fourth-order valence-electron chi connectivity index (χ4n) is 4.55. The number of halogens is 3. The lowest BCUT2D eigenvalue weighted by atomic mass is 10.0. The van der Waals surface area contributed by atoms with Crippen LogP contribution in [0, 0.1) is 18.3 Å². The molecule has 0 unspecified atom stereocenters. The van der Waals surface area contributed by atoms with Crippen LogP contribution in [-0.4, -0.2) is 55.1 Å². The minimum atomic E-state index is -4.34. The zero-order chi connectivity index (χ0) is 23.9. The van der Waals surface area contributed by atoms with Gasteiger partial charge >= 0.3 is 6.18 Å². The number of rotatable bonds is 5. The number of alkyl halides is 3. The number of piperidine rings is 1. The molecule has 0 amide bonds. The highest BCUT2D eigenvalue weighted by Gasteiger charge is 2.30. The summed E-state index contributed by atoms with van der Waals surface area (Å²) in [5.74, 6) is 0.309. The summed E-state index contributed by atoms with van der Waals surface area (Å²) in [4.78, 5) is 20.4. The molecule has 1 saturated heterocycles. The number of aryl methyl sites for hydroxylation is 1. The number of imidazole rings is 1. The molecular weight excluding hydrogens is 445 g/mol. The first-order valence-electron chi connectivity index (χ1n) is 11.1. The van der Waals surface area contributed by atoms with Gasteiger partial charge in [0.2, 0.25) is 0 Å². The molecule has 0 radical (unpaired) electrons. The Morgan fingerprint density at radius 2 is 2.00 bits per heavy atom. The van der Waals surface area contributed by atoms with E-state index in [2.05, 4.69) is 54.2 Å². The molecule has 0 saturated carbocycles. The molecule has 176 valence electrons. The fraction of sp³-hybridized carbons (Fsp3) is 0.391. The summed E-state index contributed by atoms with van der Waals surface area (Å²) in [6.45, 7) is 4.66. The van der Waals surface area contributed by atoms with Gasteiger partial charge in [-0.25, -0.2) is 15.0 Å². The highest BCUT2D eigenvalue weighted by Crippen LogP contribution is 2.27. The van der Waals surface area contributed by atoms with Gasteiger partial charge in [-0.3, -0.25) is 4.90 Å². The van der Waals surface area contributed by atoms with Crippen LogP contribution in [0.1, 0.15) is 35.5 Å². The second-order valence-corrected chi connectivity index (χ2v) is 8.70. The Bertz CT molecular complexity index is 1370. The molecule has 1 fully saturated rings. The Hall–Kier alpha value is -3.65. The summed E-state index contributed by atoms with van der Waals surface area (Å²) in [5.41, 5.74) is 4.56. The van der Waals surface area contributed by atoms with E-state index in [0.717, 1.165) is 43.4 Å². The SMILES string of the molecule is Cc1c(CN2CCC(Nc3ncnc4nc(CC(F)(F)F)[nH]c34)CC2)ccc2[nH]c(C#N)cc12. The van der Waals surface area contributed by atoms with Gasteiger partial charge < -0.3 is 15.3 Å². The number of nitrogens with zero attached hydrogens (tertiary/aromatic N) is 5. The van der Waals surface area contributed by atoms with Crippen LogP contribution < -0.4 is 5.32 Å². The smallest absolute Gasteiger partial charge is 0.365 e. The molecule has 4 heterocycles. The van der Waals surface area contributed by atoms with Gasteiger partial charge in [0.15, 0.2) is 11.5 Å². The molecule has 5 rings (SSSR count). The molecule has 34 heavy (non-hydrogen) atoms. The van der Waals surface area contributed by atoms with Gasteiger partial charge in [0.1, 0.15) is 35.9 Å². The molecule has 4 aromatic rings. The van der Waals surface area contributed by atoms with Crippen molar-refractivity contribution in [2.75, 3.05) is 18.4 Å². The minimum absolute atomic E-state index is 0.148. The summed E-state index contributed by atoms with van der Waals surface area (Å²) in [6.07, 6.45) is -2.41. The Balaban J connectivity index is 1.23. The molecule has 3 aromatic heterocycles. The second-order valence-electron chi connectivity index (χ2n) is 8.70. The molecule has 3 N–H and O–H groups in total. The predicted molar refractivity (Wildman–Crippen MR) is 121 cm³/mol. The topological polar surface area (TPSA) is 109 Å². The van der Waals surface area contributed by atoms with E-state index in [9.17, 15) is 13.2 Å². The van der Waals surface area contributed by atoms with Crippen LogP contribution in [0.2, 0.25) is 0 Å². The number of aromatic nitrogens is 5. The van der Waals surface area contributed by atoms with E-state index in [4.69, 9.17) is 5.26 Å². The van der Waals surface area contributed by atoms with E-state index in [-0.39, 0.29) is 17.5 Å². The molecule has 8 nitrogen and oxygen atoms in total. The third kappa shape index (κ3) is 4.54. The van der Waals surface area contributed by atoms with Crippen molar-refractivity contribution in [2.45, 2.75) is 44.9 Å². The maximum absolute atomic E-state index is 12.7. The molecule has 0 aliphatic carbocycles. The fourth-order valence-corrected chi connectivity index (χ4v) is 4.55. The summed E-state index contributed by atoms with van der Waals surface area (Å²) in [7, 11) is 0. The largest absolute Gasteiger partial charge is 0.396 e. The van der Waals surface area contributed by atoms with Crippen LogP contribution in [0.15, 0.2) is 24.5 Å². The summed E-state index contributed by atoms with van der Waals surface area (Å²) < 4.78 is 38.2. The quantitative estimate of drug-likeness (QED) is 0.405. The number of hydrogen-bond acceptors (Lipinski definition) is 6. The molecule has 0 atom stereocenters. The zero-order valence-corrected chi connectivity index (χ0v) is 18.5. The maximum atomic E-state index is 12.7. The van der Waals surface area contributed by atoms with Gasteiger partial charge in [0, 0.05) is 36.6 Å². The number of nitriles is 1. The van der Waals surface area contributed by atoms with Crippen molar-refractivity contribution in [1.82, 2.24) is 29.8 Å². The van der Waals surface area contributed by atoms with Crippen LogP contribution >= 0.6 is 0 Å². The van der Waals surface area contributed by atoms with Crippen molar-refractivity contribution in [3.63, 3.8) is 0 Å². The number of nitrogens with one attached hydrogen (secondary N) is 3. The van der Waals surface area contributed by atoms with Crippen molar-refractivity contribution in [3.05, 3.63) is 47.2 Å². The number of fused-ring (bicyclic) bond motifs is 2. The third-order valence-electron chi connectivity index (χ3n) is 6.33. The van der Waals surface area contributed by atoms with E-state index >= 15 is 0 Å². The first-order chi connectivity index (χ1) is 16.3. The average Bonchev–Trinajstić information content (AvgIpc) is 3.40. The summed E-state index contributed by atoms with van der Waals surface area (Å²) in [6, 6.07) is 8.32. The van der Waals surface area contributed by atoms with Crippen LogP contribution in [-0.2, 0) is 13.0 Å². The van der Waals surface area contributed by atoms with Crippen molar-refractivity contribution in [2.24, 2.45) is 0 Å². The van der Waals surface area contributed by atoms with Gasteiger partial charge in [0.05, 0.1) is 0 Å². The third-order valence-corrected chi connectivity index (χ3v) is 6.33. The highest BCUT2D eigenvalue weighted by atomic mass is 19.4. The van der Waals surface area contributed by atoms with Crippen molar-refractivity contribution in [3.8, 4) is 6.07 Å². The van der Waals surface area contributed by atoms with Gasteiger partial charge in [-0.2, -0.15) is 18.4 Å².